The van der Waals surface area contributed by atoms with Crippen molar-refractivity contribution in [2.45, 2.75) is 0 Å². The molecule has 3 aromatic carbocycles. The van der Waals surface area contributed by atoms with Crippen LogP contribution in [0.25, 0.3) is 0 Å². The highest BCUT2D eigenvalue weighted by Gasteiger charge is 2.29. The SMILES string of the molecule is O=C1C=CC(=O)N1c1ccc(P(c2ccccc2)c2ccccc2)c(C2=NCCO2)c1. The summed E-state index contributed by atoms with van der Waals surface area (Å²) in [6.45, 7) is 1.12. The molecule has 2 amide bonds. The Morgan fingerprint density at radius 2 is 1.42 bits per heavy atom. The average molecular weight is 426 g/mol. The van der Waals surface area contributed by atoms with Crippen molar-refractivity contribution in [2.24, 2.45) is 4.99 Å². The van der Waals surface area contributed by atoms with Gasteiger partial charge in [0.1, 0.15) is 6.61 Å². The van der Waals surface area contributed by atoms with E-state index < -0.39 is 7.92 Å². The van der Waals surface area contributed by atoms with Crippen molar-refractivity contribution < 1.29 is 14.3 Å². The van der Waals surface area contributed by atoms with Crippen molar-refractivity contribution in [2.75, 3.05) is 18.1 Å². The van der Waals surface area contributed by atoms with E-state index in [1.165, 1.54) is 27.7 Å². The Labute approximate surface area is 181 Å². The van der Waals surface area contributed by atoms with Gasteiger partial charge < -0.3 is 4.74 Å². The molecule has 0 radical (unpaired) electrons. The second-order valence-corrected chi connectivity index (χ2v) is 9.27. The maximum Gasteiger partial charge on any atom is 0.258 e. The molecule has 5 rings (SSSR count). The van der Waals surface area contributed by atoms with Crippen LogP contribution >= 0.6 is 7.92 Å². The van der Waals surface area contributed by atoms with E-state index in [0.717, 1.165) is 10.9 Å². The predicted octanol–water partition coefficient (Wildman–Crippen LogP) is 2.65. The van der Waals surface area contributed by atoms with Gasteiger partial charge in [0.15, 0.2) is 0 Å². The number of aliphatic imine (C=N–C) groups is 1. The summed E-state index contributed by atoms with van der Waals surface area (Å²) in [6.07, 6.45) is 2.58. The molecule has 0 atom stereocenters. The van der Waals surface area contributed by atoms with Crippen molar-refractivity contribution in [1.82, 2.24) is 0 Å². The Kier molecular flexibility index (Phi) is 5.19. The summed E-state index contributed by atoms with van der Waals surface area (Å²) in [4.78, 5) is 30.2. The first kappa shape index (κ1) is 19.4. The molecule has 152 valence electrons. The number of anilines is 1. The van der Waals surface area contributed by atoms with E-state index in [0.29, 0.717) is 24.7 Å². The number of imide groups is 1. The predicted molar refractivity (Wildman–Crippen MR) is 124 cm³/mol. The minimum atomic E-state index is -0.894. The summed E-state index contributed by atoms with van der Waals surface area (Å²) in [5, 5.41) is 3.47. The van der Waals surface area contributed by atoms with E-state index in [-0.39, 0.29) is 11.8 Å². The van der Waals surface area contributed by atoms with E-state index in [2.05, 4.69) is 29.3 Å². The molecule has 0 fully saturated rings. The average Bonchev–Trinajstić information content (AvgIpc) is 3.46. The molecular formula is C25H19N2O3P. The van der Waals surface area contributed by atoms with Crippen LogP contribution in [0.1, 0.15) is 5.56 Å². The van der Waals surface area contributed by atoms with E-state index in [1.807, 2.05) is 54.6 Å². The first-order chi connectivity index (χ1) is 15.2. The number of rotatable bonds is 5. The molecule has 2 heterocycles. The molecule has 5 nitrogen and oxygen atoms in total. The van der Waals surface area contributed by atoms with Crippen LogP contribution in [-0.2, 0) is 14.3 Å². The fraction of sp³-hybridized carbons (Fsp3) is 0.0800. The smallest absolute Gasteiger partial charge is 0.258 e. The standard InChI is InChI=1S/C25H19N2O3P/c28-23-13-14-24(29)27(23)18-11-12-22(21(17-18)25-26-15-16-30-25)31(19-7-3-1-4-8-19)20-9-5-2-6-10-20/h1-14,17H,15-16H2. The third kappa shape index (κ3) is 3.69. The molecule has 0 aliphatic carbocycles. The summed E-state index contributed by atoms with van der Waals surface area (Å²) >= 11 is 0. The second-order valence-electron chi connectivity index (χ2n) is 7.09. The highest BCUT2D eigenvalue weighted by molar-refractivity contribution is 7.80. The molecule has 0 N–H and O–H groups in total. The van der Waals surface area contributed by atoms with E-state index in [4.69, 9.17) is 4.74 Å². The van der Waals surface area contributed by atoms with Crippen LogP contribution in [-0.4, -0.2) is 30.9 Å². The molecule has 0 saturated heterocycles. The van der Waals surface area contributed by atoms with Crippen molar-refractivity contribution in [3.8, 4) is 0 Å². The van der Waals surface area contributed by atoms with Crippen LogP contribution < -0.4 is 20.8 Å². The van der Waals surface area contributed by atoms with Gasteiger partial charge >= 0.3 is 0 Å². The lowest BCUT2D eigenvalue weighted by Crippen LogP contribution is -2.31. The number of benzene rings is 3. The molecule has 0 aromatic heterocycles. The quantitative estimate of drug-likeness (QED) is 0.466. The third-order valence-corrected chi connectivity index (χ3v) is 7.63. The zero-order chi connectivity index (χ0) is 21.2. The van der Waals surface area contributed by atoms with Crippen molar-refractivity contribution >= 4 is 47.2 Å². The summed E-state index contributed by atoms with van der Waals surface area (Å²) in [5.41, 5.74) is 1.34. The Hall–Kier alpha value is -3.56. The Balaban J connectivity index is 1.69. The largest absolute Gasteiger partial charge is 0.475 e. The van der Waals surface area contributed by atoms with E-state index in [9.17, 15) is 9.59 Å². The Morgan fingerprint density at radius 1 is 0.806 bits per heavy atom. The molecular weight excluding hydrogens is 407 g/mol. The highest BCUT2D eigenvalue weighted by Crippen LogP contribution is 2.36. The molecule has 0 spiro atoms. The molecule has 0 unspecified atom stereocenters. The molecule has 3 aromatic rings. The van der Waals surface area contributed by atoms with Gasteiger partial charge in [0.2, 0.25) is 5.90 Å². The maximum atomic E-state index is 12.2. The van der Waals surface area contributed by atoms with Crippen LogP contribution in [0.5, 0.6) is 0 Å². The molecule has 2 aliphatic heterocycles. The topological polar surface area (TPSA) is 59.0 Å². The highest BCUT2D eigenvalue weighted by atomic mass is 31.1. The van der Waals surface area contributed by atoms with Crippen molar-refractivity contribution in [1.29, 1.82) is 0 Å². The fourth-order valence-corrected chi connectivity index (χ4v) is 6.18. The lowest BCUT2D eigenvalue weighted by atomic mass is 10.2. The van der Waals surface area contributed by atoms with Gasteiger partial charge in [0.05, 0.1) is 12.2 Å². The normalized spacial score (nSPS) is 15.5. The number of carbonyl (C=O) groups is 2. The van der Waals surface area contributed by atoms with Gasteiger partial charge in [-0.1, -0.05) is 66.7 Å². The van der Waals surface area contributed by atoms with Crippen LogP contribution in [0, 0.1) is 0 Å². The number of hydrogen-bond acceptors (Lipinski definition) is 4. The monoisotopic (exact) mass is 426 g/mol. The number of amides is 2. The van der Waals surface area contributed by atoms with Crippen molar-refractivity contribution in [3.05, 3.63) is 96.6 Å². The van der Waals surface area contributed by atoms with Crippen LogP contribution in [0.15, 0.2) is 96.0 Å². The third-order valence-electron chi connectivity index (χ3n) is 5.13. The number of carbonyl (C=O) groups excluding carboxylic acids is 2. The molecule has 31 heavy (non-hydrogen) atoms. The molecule has 6 heteroatoms. The maximum absolute atomic E-state index is 12.2. The minimum absolute atomic E-state index is 0.341. The van der Waals surface area contributed by atoms with Gasteiger partial charge in [-0.2, -0.15) is 0 Å². The first-order valence-corrected chi connectivity index (χ1v) is 11.3. The zero-order valence-electron chi connectivity index (χ0n) is 16.6. The summed E-state index contributed by atoms with van der Waals surface area (Å²) in [7, 11) is -0.894. The number of ether oxygens (including phenoxy) is 1. The molecule has 2 aliphatic rings. The Bertz CT molecular complexity index is 1150. The number of nitrogens with zero attached hydrogens (tertiary/aromatic N) is 2. The number of hydrogen-bond donors (Lipinski definition) is 0. The molecule has 0 saturated carbocycles. The lowest BCUT2D eigenvalue weighted by Gasteiger charge is -2.24. The molecule has 0 bridgehead atoms. The Morgan fingerprint density at radius 3 is 1.97 bits per heavy atom. The zero-order valence-corrected chi connectivity index (χ0v) is 17.5. The van der Waals surface area contributed by atoms with E-state index in [1.54, 1.807) is 0 Å². The van der Waals surface area contributed by atoms with Crippen LogP contribution in [0.3, 0.4) is 0 Å². The van der Waals surface area contributed by atoms with Gasteiger partial charge in [-0.05, 0) is 36.0 Å². The summed E-state index contributed by atoms with van der Waals surface area (Å²) < 4.78 is 5.83. The van der Waals surface area contributed by atoms with Gasteiger partial charge in [-0.25, -0.2) is 9.89 Å². The lowest BCUT2D eigenvalue weighted by molar-refractivity contribution is -0.119. The summed E-state index contributed by atoms with van der Waals surface area (Å²) in [6, 6.07) is 26.4. The second kappa shape index (κ2) is 8.29. The summed E-state index contributed by atoms with van der Waals surface area (Å²) in [5.74, 6) is -0.124. The van der Waals surface area contributed by atoms with Crippen LogP contribution in [0.4, 0.5) is 5.69 Å². The van der Waals surface area contributed by atoms with Crippen molar-refractivity contribution in [3.63, 3.8) is 0 Å². The van der Waals surface area contributed by atoms with Gasteiger partial charge in [0.25, 0.3) is 11.8 Å². The van der Waals surface area contributed by atoms with Gasteiger partial charge in [-0.3, -0.25) is 9.59 Å². The minimum Gasteiger partial charge on any atom is -0.475 e. The first-order valence-electron chi connectivity index (χ1n) is 10.0. The van der Waals surface area contributed by atoms with Crippen LogP contribution in [0.2, 0.25) is 0 Å². The van der Waals surface area contributed by atoms with E-state index >= 15 is 0 Å². The van der Waals surface area contributed by atoms with Gasteiger partial charge in [-0.15, -0.1) is 0 Å². The van der Waals surface area contributed by atoms with Gasteiger partial charge in [0, 0.05) is 17.7 Å². The fourth-order valence-electron chi connectivity index (χ4n) is 3.76.